The molecule has 0 fully saturated rings. The van der Waals surface area contributed by atoms with Crippen molar-refractivity contribution in [3.63, 3.8) is 0 Å². The fraction of sp³-hybridized carbons (Fsp3) is 0.500. The number of carbonyl (C=O) groups excluding carboxylic acids is 1. The molecule has 1 aromatic rings. The molecule has 0 atom stereocenters. The highest BCUT2D eigenvalue weighted by Gasteiger charge is 2.11. The molecule has 0 aromatic heterocycles. The van der Waals surface area contributed by atoms with Crippen LogP contribution in [0.1, 0.15) is 12.8 Å². The Kier molecular flexibility index (Phi) is 6.01. The minimum atomic E-state index is 0.0392. The highest BCUT2D eigenvalue weighted by molar-refractivity contribution is 7.99. The maximum absolute atomic E-state index is 11.4. The van der Waals surface area contributed by atoms with Gasteiger partial charge in [-0.05, 0) is 18.2 Å². The first-order valence-corrected chi connectivity index (χ1v) is 7.77. The first kappa shape index (κ1) is 15.0. The van der Waals surface area contributed by atoms with Gasteiger partial charge in [-0.1, -0.05) is 0 Å². The van der Waals surface area contributed by atoms with Gasteiger partial charge in [0.1, 0.15) is 0 Å². The van der Waals surface area contributed by atoms with Crippen LogP contribution >= 0.6 is 11.8 Å². The number of ether oxygens (including phenoxy) is 2. The molecular formula is C14H20N2O3S. The van der Waals surface area contributed by atoms with Crippen molar-refractivity contribution in [2.24, 2.45) is 5.73 Å². The van der Waals surface area contributed by atoms with Crippen molar-refractivity contribution in [3.05, 3.63) is 18.2 Å². The second kappa shape index (κ2) is 8.01. The lowest BCUT2D eigenvalue weighted by molar-refractivity contribution is -0.120. The average Bonchev–Trinajstić information content (AvgIpc) is 2.70. The predicted octanol–water partition coefficient (Wildman–Crippen LogP) is 1.40. The molecule has 1 aromatic carbocycles. The monoisotopic (exact) mass is 296 g/mol. The van der Waals surface area contributed by atoms with Crippen molar-refractivity contribution in [3.8, 4) is 11.5 Å². The van der Waals surface area contributed by atoms with Crippen molar-refractivity contribution in [2.75, 3.05) is 32.1 Å². The van der Waals surface area contributed by atoms with Crippen LogP contribution < -0.4 is 20.5 Å². The van der Waals surface area contributed by atoms with Gasteiger partial charge in [0.15, 0.2) is 11.5 Å². The number of rotatable bonds is 6. The van der Waals surface area contributed by atoms with Gasteiger partial charge in [0.25, 0.3) is 0 Å². The SMILES string of the molecule is NCCNC(=O)CCSc1ccc2c(c1)OCCCO2. The summed E-state index contributed by atoms with van der Waals surface area (Å²) in [5, 5.41) is 2.75. The Labute approximate surface area is 123 Å². The fourth-order valence-corrected chi connectivity index (χ4v) is 2.67. The summed E-state index contributed by atoms with van der Waals surface area (Å²) in [5.74, 6) is 2.36. The van der Waals surface area contributed by atoms with E-state index in [0.717, 1.165) is 28.6 Å². The molecule has 0 bridgehead atoms. The summed E-state index contributed by atoms with van der Waals surface area (Å²) in [4.78, 5) is 12.5. The summed E-state index contributed by atoms with van der Waals surface area (Å²) in [6.45, 7) is 2.39. The van der Waals surface area contributed by atoms with Gasteiger partial charge in [-0.15, -0.1) is 11.8 Å². The minimum absolute atomic E-state index is 0.0392. The van der Waals surface area contributed by atoms with E-state index in [4.69, 9.17) is 15.2 Å². The molecule has 5 nitrogen and oxygen atoms in total. The van der Waals surface area contributed by atoms with Crippen LogP contribution in [0.3, 0.4) is 0 Å². The molecule has 20 heavy (non-hydrogen) atoms. The number of hydrogen-bond acceptors (Lipinski definition) is 5. The van der Waals surface area contributed by atoms with E-state index in [-0.39, 0.29) is 5.91 Å². The van der Waals surface area contributed by atoms with Crippen LogP contribution in [-0.4, -0.2) is 38.0 Å². The number of nitrogens with one attached hydrogen (secondary N) is 1. The standard InChI is InChI=1S/C14H20N2O3S/c15-5-6-16-14(17)4-9-20-11-2-3-12-13(10-11)19-8-1-7-18-12/h2-3,10H,1,4-9,15H2,(H,16,17). The summed E-state index contributed by atoms with van der Waals surface area (Å²) >= 11 is 1.63. The predicted molar refractivity (Wildman–Crippen MR) is 79.5 cm³/mol. The zero-order valence-corrected chi connectivity index (χ0v) is 12.2. The second-order valence-electron chi connectivity index (χ2n) is 4.40. The lowest BCUT2D eigenvalue weighted by Crippen LogP contribution is -2.29. The molecule has 3 N–H and O–H groups in total. The van der Waals surface area contributed by atoms with Crippen LogP contribution in [-0.2, 0) is 4.79 Å². The molecule has 2 rings (SSSR count). The summed E-state index contributed by atoms with van der Waals surface area (Å²) in [6, 6.07) is 5.90. The van der Waals surface area contributed by atoms with E-state index in [2.05, 4.69) is 5.32 Å². The Hall–Kier alpha value is -1.40. The maximum Gasteiger partial charge on any atom is 0.220 e. The number of hydrogen-bond donors (Lipinski definition) is 2. The largest absolute Gasteiger partial charge is 0.490 e. The van der Waals surface area contributed by atoms with Crippen LogP contribution in [0.5, 0.6) is 11.5 Å². The van der Waals surface area contributed by atoms with Gasteiger partial charge in [0.2, 0.25) is 5.91 Å². The molecule has 0 radical (unpaired) electrons. The van der Waals surface area contributed by atoms with E-state index in [1.54, 1.807) is 11.8 Å². The van der Waals surface area contributed by atoms with Gasteiger partial charge in [0.05, 0.1) is 13.2 Å². The molecule has 110 valence electrons. The van der Waals surface area contributed by atoms with Crippen LogP contribution in [0.15, 0.2) is 23.1 Å². The summed E-state index contributed by atoms with van der Waals surface area (Å²) in [5.41, 5.74) is 5.33. The van der Waals surface area contributed by atoms with E-state index in [0.29, 0.717) is 32.7 Å². The van der Waals surface area contributed by atoms with E-state index >= 15 is 0 Å². The Morgan fingerprint density at radius 2 is 2.10 bits per heavy atom. The Morgan fingerprint density at radius 1 is 1.30 bits per heavy atom. The van der Waals surface area contributed by atoms with Gasteiger partial charge in [0, 0.05) is 36.6 Å². The molecule has 0 saturated carbocycles. The second-order valence-corrected chi connectivity index (χ2v) is 5.56. The van der Waals surface area contributed by atoms with E-state index < -0.39 is 0 Å². The number of fused-ring (bicyclic) bond motifs is 1. The average molecular weight is 296 g/mol. The molecule has 0 saturated heterocycles. The first-order valence-electron chi connectivity index (χ1n) is 6.79. The molecular weight excluding hydrogens is 276 g/mol. The van der Waals surface area contributed by atoms with Gasteiger partial charge >= 0.3 is 0 Å². The van der Waals surface area contributed by atoms with Crippen molar-refractivity contribution in [1.29, 1.82) is 0 Å². The smallest absolute Gasteiger partial charge is 0.220 e. The number of benzene rings is 1. The Bertz CT molecular complexity index is 454. The summed E-state index contributed by atoms with van der Waals surface area (Å²) in [7, 11) is 0. The fourth-order valence-electron chi connectivity index (χ4n) is 1.79. The molecule has 6 heteroatoms. The summed E-state index contributed by atoms with van der Waals surface area (Å²) < 4.78 is 11.2. The lowest BCUT2D eigenvalue weighted by atomic mass is 10.3. The van der Waals surface area contributed by atoms with Gasteiger partial charge in [-0.25, -0.2) is 0 Å². The van der Waals surface area contributed by atoms with E-state index in [1.807, 2.05) is 18.2 Å². The van der Waals surface area contributed by atoms with Crippen LogP contribution in [0.25, 0.3) is 0 Å². The molecule has 0 spiro atoms. The van der Waals surface area contributed by atoms with Gasteiger partial charge in [-0.2, -0.15) is 0 Å². The molecule has 0 aliphatic carbocycles. The Balaban J connectivity index is 1.81. The number of nitrogens with two attached hydrogens (primary N) is 1. The minimum Gasteiger partial charge on any atom is -0.490 e. The van der Waals surface area contributed by atoms with Gasteiger partial charge in [-0.3, -0.25) is 4.79 Å². The molecule has 0 unspecified atom stereocenters. The van der Waals surface area contributed by atoms with Gasteiger partial charge < -0.3 is 20.5 Å². The van der Waals surface area contributed by atoms with Crippen LogP contribution in [0.4, 0.5) is 0 Å². The maximum atomic E-state index is 11.4. The first-order chi connectivity index (χ1) is 9.79. The topological polar surface area (TPSA) is 73.6 Å². The molecule has 1 aliphatic rings. The number of thioether (sulfide) groups is 1. The van der Waals surface area contributed by atoms with E-state index in [9.17, 15) is 4.79 Å². The van der Waals surface area contributed by atoms with Crippen molar-refractivity contribution in [1.82, 2.24) is 5.32 Å². The number of carbonyl (C=O) groups is 1. The van der Waals surface area contributed by atoms with E-state index in [1.165, 1.54) is 0 Å². The third-order valence-electron chi connectivity index (χ3n) is 2.78. The zero-order chi connectivity index (χ0) is 14.2. The zero-order valence-electron chi connectivity index (χ0n) is 11.4. The molecule has 1 heterocycles. The normalized spacial score (nSPS) is 13.7. The third kappa shape index (κ3) is 4.61. The lowest BCUT2D eigenvalue weighted by Gasteiger charge is -2.09. The van der Waals surface area contributed by atoms with Crippen molar-refractivity contribution < 1.29 is 14.3 Å². The molecule has 1 amide bonds. The quantitative estimate of drug-likeness (QED) is 0.776. The molecule has 1 aliphatic heterocycles. The number of amides is 1. The Morgan fingerprint density at radius 3 is 2.90 bits per heavy atom. The highest BCUT2D eigenvalue weighted by atomic mass is 32.2. The van der Waals surface area contributed by atoms with Crippen LogP contribution in [0, 0.1) is 0 Å². The highest BCUT2D eigenvalue weighted by Crippen LogP contribution is 2.33. The van der Waals surface area contributed by atoms with Crippen molar-refractivity contribution in [2.45, 2.75) is 17.7 Å². The van der Waals surface area contributed by atoms with Crippen molar-refractivity contribution >= 4 is 17.7 Å². The van der Waals surface area contributed by atoms with Crippen LogP contribution in [0.2, 0.25) is 0 Å². The third-order valence-corrected chi connectivity index (χ3v) is 3.78. The summed E-state index contributed by atoms with van der Waals surface area (Å²) in [6.07, 6.45) is 1.39.